The average Bonchev–Trinajstić information content (AvgIpc) is 3.61. The van der Waals surface area contributed by atoms with Crippen LogP contribution >= 0.6 is 0 Å². The molecule has 3 aromatic rings. The number of anilines is 1. The Labute approximate surface area is 217 Å². The number of allylic oxidation sites excluding steroid dienone is 2. The second kappa shape index (κ2) is 8.51. The smallest absolute Gasteiger partial charge is 0.244 e. The van der Waals surface area contributed by atoms with Crippen LogP contribution in [0.3, 0.4) is 0 Å². The van der Waals surface area contributed by atoms with Crippen LogP contribution in [-0.4, -0.2) is 52.5 Å². The zero-order chi connectivity index (χ0) is 25.9. The van der Waals surface area contributed by atoms with E-state index in [0.29, 0.717) is 18.8 Å². The van der Waals surface area contributed by atoms with Crippen LogP contribution in [0, 0.1) is 5.82 Å². The van der Waals surface area contributed by atoms with Crippen molar-refractivity contribution in [3.63, 3.8) is 0 Å². The maximum absolute atomic E-state index is 14.5. The quantitative estimate of drug-likeness (QED) is 0.578. The van der Waals surface area contributed by atoms with Crippen molar-refractivity contribution in [2.45, 2.75) is 24.3 Å². The van der Waals surface area contributed by atoms with Gasteiger partial charge in [0.1, 0.15) is 42.2 Å². The minimum Gasteiger partial charge on any atom is -0.493 e. The van der Waals surface area contributed by atoms with Crippen molar-refractivity contribution in [2.24, 2.45) is 0 Å². The number of nitrogens with one attached hydrogen (secondary N) is 1. The molecule has 2 amide bonds. The molecule has 38 heavy (non-hydrogen) atoms. The molecule has 1 N–H and O–H groups in total. The number of halogens is 1. The van der Waals surface area contributed by atoms with E-state index in [-0.39, 0.29) is 30.8 Å². The first-order valence-electron chi connectivity index (χ1n) is 12.5. The fraction of sp³-hybridized carbons (Fsp3) is 0.241. The average molecular weight is 511 g/mol. The Morgan fingerprint density at radius 2 is 2.00 bits per heavy atom. The molecule has 1 aromatic heterocycles. The Hall–Kier alpha value is -4.53. The standard InChI is InChI=1S/C29H23FN4O4/c30-21-5-1-2-6-22(21)33-26(35)14-34-23-7-3-4-19(18-12-31-16-32-13-18)27(23)29(28(34)36)15-38-25-11-24-17(8-9-37-24)10-20(25)29/h1-6,10-13,16,23H,7-9,14-15H2,(H,33,35). The molecule has 0 radical (unpaired) electrons. The molecule has 1 spiro atoms. The van der Waals surface area contributed by atoms with Gasteiger partial charge in [-0.2, -0.15) is 0 Å². The Morgan fingerprint density at radius 1 is 1.16 bits per heavy atom. The summed E-state index contributed by atoms with van der Waals surface area (Å²) in [4.78, 5) is 37.6. The summed E-state index contributed by atoms with van der Waals surface area (Å²) in [6.07, 6.45) is 10.2. The Bertz CT molecular complexity index is 1550. The third-order valence-electron chi connectivity index (χ3n) is 7.76. The van der Waals surface area contributed by atoms with Crippen molar-refractivity contribution >= 4 is 23.1 Å². The lowest BCUT2D eigenvalue weighted by Gasteiger charge is -2.28. The fourth-order valence-electron chi connectivity index (χ4n) is 6.10. The second-order valence-electron chi connectivity index (χ2n) is 9.82. The van der Waals surface area contributed by atoms with Crippen molar-refractivity contribution < 1.29 is 23.5 Å². The van der Waals surface area contributed by atoms with E-state index in [2.05, 4.69) is 15.3 Å². The molecule has 7 rings (SSSR count). The van der Waals surface area contributed by atoms with Gasteiger partial charge in [-0.15, -0.1) is 0 Å². The Balaban J connectivity index is 1.35. The largest absolute Gasteiger partial charge is 0.493 e. The van der Waals surface area contributed by atoms with E-state index >= 15 is 0 Å². The van der Waals surface area contributed by atoms with Crippen LogP contribution < -0.4 is 14.8 Å². The van der Waals surface area contributed by atoms with Crippen LogP contribution in [0.15, 0.2) is 72.8 Å². The highest BCUT2D eigenvalue weighted by molar-refractivity contribution is 6.05. The highest BCUT2D eigenvalue weighted by Gasteiger charge is 2.62. The zero-order valence-electron chi connectivity index (χ0n) is 20.3. The van der Waals surface area contributed by atoms with Gasteiger partial charge >= 0.3 is 0 Å². The van der Waals surface area contributed by atoms with Crippen LogP contribution in [0.4, 0.5) is 10.1 Å². The molecule has 9 heteroatoms. The molecule has 3 aliphatic heterocycles. The van der Waals surface area contributed by atoms with Crippen molar-refractivity contribution in [3.8, 4) is 11.5 Å². The van der Waals surface area contributed by atoms with Crippen LogP contribution in [0.2, 0.25) is 0 Å². The van der Waals surface area contributed by atoms with E-state index in [1.165, 1.54) is 18.5 Å². The Morgan fingerprint density at radius 3 is 2.84 bits per heavy atom. The number of carbonyl (C=O) groups excluding carboxylic acids is 2. The zero-order valence-corrected chi connectivity index (χ0v) is 20.3. The van der Waals surface area contributed by atoms with Gasteiger partial charge in [0.05, 0.1) is 18.3 Å². The molecule has 1 saturated heterocycles. The number of rotatable bonds is 4. The number of amides is 2. The van der Waals surface area contributed by atoms with Gasteiger partial charge in [-0.1, -0.05) is 24.3 Å². The van der Waals surface area contributed by atoms with Crippen molar-refractivity contribution in [2.75, 3.05) is 25.1 Å². The van der Waals surface area contributed by atoms with Gasteiger partial charge in [0, 0.05) is 36.0 Å². The predicted molar refractivity (Wildman–Crippen MR) is 136 cm³/mol. The number of nitrogens with zero attached hydrogens (tertiary/aromatic N) is 3. The van der Waals surface area contributed by atoms with E-state index in [0.717, 1.165) is 40.0 Å². The van der Waals surface area contributed by atoms with E-state index in [1.807, 2.05) is 24.3 Å². The van der Waals surface area contributed by atoms with Gasteiger partial charge in [0.2, 0.25) is 11.8 Å². The van der Waals surface area contributed by atoms with Crippen LogP contribution in [0.25, 0.3) is 5.57 Å². The number of hydrogen-bond donors (Lipinski definition) is 1. The summed E-state index contributed by atoms with van der Waals surface area (Å²) >= 11 is 0. The molecule has 4 heterocycles. The maximum atomic E-state index is 14.5. The van der Waals surface area contributed by atoms with Gasteiger partial charge in [-0.25, -0.2) is 14.4 Å². The highest BCUT2D eigenvalue weighted by Crippen LogP contribution is 2.56. The second-order valence-corrected chi connectivity index (χ2v) is 9.82. The summed E-state index contributed by atoms with van der Waals surface area (Å²) in [7, 11) is 0. The lowest BCUT2D eigenvalue weighted by Crippen LogP contribution is -2.43. The number of benzene rings is 2. The fourth-order valence-corrected chi connectivity index (χ4v) is 6.10. The first-order valence-corrected chi connectivity index (χ1v) is 12.5. The molecule has 0 saturated carbocycles. The van der Waals surface area contributed by atoms with E-state index in [9.17, 15) is 14.0 Å². The molecule has 4 aliphatic rings. The normalized spacial score (nSPS) is 22.7. The van der Waals surface area contributed by atoms with Crippen molar-refractivity contribution in [1.82, 2.24) is 14.9 Å². The molecule has 190 valence electrons. The van der Waals surface area contributed by atoms with E-state index in [4.69, 9.17) is 9.47 Å². The SMILES string of the molecule is O=C(CN1C(=O)C2(COc3cc4c(cc32)CCO4)C2=C(c3cncnc3)C=CCC21)Nc1ccccc1F. The molecule has 2 unspecified atom stereocenters. The molecule has 1 aliphatic carbocycles. The topological polar surface area (TPSA) is 93.7 Å². The van der Waals surface area contributed by atoms with Gasteiger partial charge in [0.15, 0.2) is 0 Å². The number of ether oxygens (including phenoxy) is 2. The number of hydrogen-bond acceptors (Lipinski definition) is 6. The molecule has 2 aromatic carbocycles. The number of para-hydroxylation sites is 1. The summed E-state index contributed by atoms with van der Waals surface area (Å²) in [5.41, 5.74) is 3.29. The van der Waals surface area contributed by atoms with Crippen LogP contribution in [-0.2, 0) is 21.4 Å². The lowest BCUT2D eigenvalue weighted by molar-refractivity contribution is -0.136. The van der Waals surface area contributed by atoms with E-state index < -0.39 is 17.1 Å². The van der Waals surface area contributed by atoms with Gasteiger partial charge in [0.25, 0.3) is 0 Å². The summed E-state index contributed by atoms with van der Waals surface area (Å²) < 4.78 is 26.1. The van der Waals surface area contributed by atoms with Crippen molar-refractivity contribution in [3.05, 3.63) is 95.4 Å². The van der Waals surface area contributed by atoms with Gasteiger partial charge in [-0.05, 0) is 41.3 Å². The third-order valence-corrected chi connectivity index (χ3v) is 7.76. The number of aromatic nitrogens is 2. The monoisotopic (exact) mass is 510 g/mol. The number of fused-ring (bicyclic) bond motifs is 5. The summed E-state index contributed by atoms with van der Waals surface area (Å²) in [5.74, 6) is 0.170. The number of likely N-dealkylation sites (tertiary alicyclic amines) is 1. The first-order chi connectivity index (χ1) is 18.6. The maximum Gasteiger partial charge on any atom is 0.244 e. The van der Waals surface area contributed by atoms with Crippen LogP contribution in [0.1, 0.15) is 23.1 Å². The van der Waals surface area contributed by atoms with Crippen LogP contribution in [0.5, 0.6) is 11.5 Å². The van der Waals surface area contributed by atoms with Crippen molar-refractivity contribution in [1.29, 1.82) is 0 Å². The summed E-state index contributed by atoms with van der Waals surface area (Å²) in [5, 5.41) is 2.62. The number of carbonyl (C=O) groups is 2. The first kappa shape index (κ1) is 22.7. The minimum atomic E-state index is -1.11. The molecule has 8 nitrogen and oxygen atoms in total. The van der Waals surface area contributed by atoms with E-state index in [1.54, 1.807) is 29.4 Å². The predicted octanol–water partition coefficient (Wildman–Crippen LogP) is 3.44. The molecule has 0 bridgehead atoms. The van der Waals surface area contributed by atoms with Gasteiger partial charge < -0.3 is 19.7 Å². The minimum absolute atomic E-state index is 0.0744. The molecule has 2 atom stereocenters. The lowest BCUT2D eigenvalue weighted by atomic mass is 9.71. The highest BCUT2D eigenvalue weighted by atomic mass is 19.1. The van der Waals surface area contributed by atoms with Gasteiger partial charge in [-0.3, -0.25) is 9.59 Å². The summed E-state index contributed by atoms with van der Waals surface area (Å²) in [6.45, 7) is 0.480. The molecular weight excluding hydrogens is 487 g/mol. The molecule has 1 fully saturated rings. The molecular formula is C29H23FN4O4. The summed E-state index contributed by atoms with van der Waals surface area (Å²) in [6, 6.07) is 9.48. The Kier molecular flexibility index (Phi) is 5.07. The third kappa shape index (κ3) is 3.27.